The normalized spacial score (nSPS) is 12.7. The molecule has 1 aromatic heterocycles. The van der Waals surface area contributed by atoms with E-state index in [1.54, 1.807) is 37.5 Å². The third-order valence-corrected chi connectivity index (χ3v) is 3.08. The van der Waals surface area contributed by atoms with Gasteiger partial charge >= 0.3 is 6.61 Å². The van der Waals surface area contributed by atoms with Gasteiger partial charge in [0.1, 0.15) is 5.75 Å². The van der Waals surface area contributed by atoms with Crippen LogP contribution in [0.25, 0.3) is 0 Å². The first-order valence-electron chi connectivity index (χ1n) is 6.40. The molecule has 0 radical (unpaired) electrons. The summed E-state index contributed by atoms with van der Waals surface area (Å²) in [5.41, 5.74) is 1.56. The number of alkyl halides is 2. The molecular formula is C14H17F2N3O. The summed E-state index contributed by atoms with van der Waals surface area (Å²) in [5, 5.41) is 7.33. The van der Waals surface area contributed by atoms with Gasteiger partial charge in [-0.15, -0.1) is 0 Å². The number of hydrogen-bond acceptors (Lipinski definition) is 3. The Labute approximate surface area is 116 Å². The van der Waals surface area contributed by atoms with Crippen LogP contribution in [0.15, 0.2) is 36.5 Å². The highest BCUT2D eigenvalue weighted by Crippen LogP contribution is 2.30. The smallest absolute Gasteiger partial charge is 0.387 e. The summed E-state index contributed by atoms with van der Waals surface area (Å²) in [6, 6.07) is 8.39. The SMILES string of the molecule is CCn1nccc1C(NC)c1ccccc1OC(F)F. The Morgan fingerprint density at radius 2 is 2.05 bits per heavy atom. The Hall–Kier alpha value is -1.95. The minimum absolute atomic E-state index is 0.172. The van der Waals surface area contributed by atoms with E-state index < -0.39 is 6.61 Å². The maximum absolute atomic E-state index is 12.5. The molecule has 0 saturated carbocycles. The third kappa shape index (κ3) is 2.96. The number of nitrogens with zero attached hydrogens (tertiary/aromatic N) is 2. The maximum Gasteiger partial charge on any atom is 0.387 e. The van der Waals surface area contributed by atoms with E-state index in [0.717, 1.165) is 5.69 Å². The molecule has 0 aliphatic heterocycles. The maximum atomic E-state index is 12.5. The van der Waals surface area contributed by atoms with Crippen LogP contribution in [0.5, 0.6) is 5.75 Å². The van der Waals surface area contributed by atoms with E-state index in [1.165, 1.54) is 0 Å². The largest absolute Gasteiger partial charge is 0.434 e. The molecule has 0 bridgehead atoms. The molecule has 1 atom stereocenters. The number of aromatic nitrogens is 2. The van der Waals surface area contributed by atoms with Gasteiger partial charge in [0, 0.05) is 18.3 Å². The number of hydrogen-bond donors (Lipinski definition) is 1. The average molecular weight is 281 g/mol. The molecule has 0 aliphatic rings. The number of ether oxygens (including phenoxy) is 1. The second-order valence-corrected chi connectivity index (χ2v) is 4.21. The Balaban J connectivity index is 2.42. The van der Waals surface area contributed by atoms with Crippen molar-refractivity contribution in [3.05, 3.63) is 47.8 Å². The predicted octanol–water partition coefficient (Wildman–Crippen LogP) is 2.81. The third-order valence-electron chi connectivity index (χ3n) is 3.08. The van der Waals surface area contributed by atoms with E-state index in [1.807, 2.05) is 17.7 Å². The number of benzene rings is 1. The van der Waals surface area contributed by atoms with Gasteiger partial charge in [-0.25, -0.2) is 0 Å². The molecule has 2 rings (SSSR count). The lowest BCUT2D eigenvalue weighted by Gasteiger charge is -2.20. The van der Waals surface area contributed by atoms with E-state index in [-0.39, 0.29) is 11.8 Å². The van der Waals surface area contributed by atoms with Crippen molar-refractivity contribution >= 4 is 0 Å². The zero-order valence-electron chi connectivity index (χ0n) is 11.4. The van der Waals surface area contributed by atoms with Gasteiger partial charge in [0.2, 0.25) is 0 Å². The number of para-hydroxylation sites is 1. The van der Waals surface area contributed by atoms with E-state index in [4.69, 9.17) is 0 Å². The molecule has 0 amide bonds. The molecule has 0 aliphatic carbocycles. The fraction of sp³-hybridized carbons (Fsp3) is 0.357. The van der Waals surface area contributed by atoms with Crippen molar-refractivity contribution in [3.8, 4) is 5.75 Å². The molecule has 1 N–H and O–H groups in total. The van der Waals surface area contributed by atoms with Crippen molar-refractivity contribution in [1.29, 1.82) is 0 Å². The second kappa shape index (κ2) is 6.47. The monoisotopic (exact) mass is 281 g/mol. The fourth-order valence-corrected chi connectivity index (χ4v) is 2.24. The van der Waals surface area contributed by atoms with Gasteiger partial charge < -0.3 is 10.1 Å². The fourth-order valence-electron chi connectivity index (χ4n) is 2.24. The van der Waals surface area contributed by atoms with Gasteiger partial charge in [0.15, 0.2) is 0 Å². The van der Waals surface area contributed by atoms with Gasteiger partial charge in [-0.05, 0) is 26.1 Å². The summed E-state index contributed by atoms with van der Waals surface area (Å²) < 4.78 is 31.4. The first-order chi connectivity index (χ1) is 9.67. The molecule has 1 unspecified atom stereocenters. The van der Waals surface area contributed by atoms with Crippen LogP contribution >= 0.6 is 0 Å². The molecule has 2 aromatic rings. The molecule has 1 aromatic carbocycles. The zero-order valence-corrected chi connectivity index (χ0v) is 11.4. The van der Waals surface area contributed by atoms with Gasteiger partial charge in [-0.1, -0.05) is 18.2 Å². The highest BCUT2D eigenvalue weighted by atomic mass is 19.3. The molecule has 1 heterocycles. The molecule has 108 valence electrons. The van der Waals surface area contributed by atoms with Gasteiger partial charge in [0.05, 0.1) is 11.7 Å². The van der Waals surface area contributed by atoms with Crippen molar-refractivity contribution in [3.63, 3.8) is 0 Å². The van der Waals surface area contributed by atoms with Crippen LogP contribution in [0.3, 0.4) is 0 Å². The molecule has 20 heavy (non-hydrogen) atoms. The first kappa shape index (κ1) is 14.5. The number of nitrogens with one attached hydrogen (secondary N) is 1. The Kier molecular flexibility index (Phi) is 4.68. The second-order valence-electron chi connectivity index (χ2n) is 4.21. The van der Waals surface area contributed by atoms with Crippen molar-refractivity contribution < 1.29 is 13.5 Å². The summed E-state index contributed by atoms with van der Waals surface area (Å²) in [7, 11) is 1.77. The van der Waals surface area contributed by atoms with Gasteiger partial charge in [-0.2, -0.15) is 13.9 Å². The highest BCUT2D eigenvalue weighted by Gasteiger charge is 2.21. The molecule has 4 nitrogen and oxygen atoms in total. The summed E-state index contributed by atoms with van der Waals surface area (Å²) in [6.45, 7) is -0.159. The number of halogens is 2. The van der Waals surface area contributed by atoms with E-state index in [2.05, 4.69) is 15.2 Å². The molecule has 0 fully saturated rings. The van der Waals surface area contributed by atoms with E-state index >= 15 is 0 Å². The molecule has 0 saturated heterocycles. The van der Waals surface area contributed by atoms with Crippen molar-refractivity contribution in [1.82, 2.24) is 15.1 Å². The number of aryl methyl sites for hydroxylation is 1. The summed E-state index contributed by atoms with van der Waals surface area (Å²) >= 11 is 0. The molecule has 0 spiro atoms. The minimum Gasteiger partial charge on any atom is -0.434 e. The first-order valence-corrected chi connectivity index (χ1v) is 6.40. The summed E-state index contributed by atoms with van der Waals surface area (Å²) in [6.07, 6.45) is 1.69. The Morgan fingerprint density at radius 1 is 1.30 bits per heavy atom. The van der Waals surface area contributed by atoms with Crippen LogP contribution in [-0.2, 0) is 6.54 Å². The quantitative estimate of drug-likeness (QED) is 0.885. The lowest BCUT2D eigenvalue weighted by atomic mass is 10.0. The van der Waals surface area contributed by atoms with Crippen LogP contribution in [0.4, 0.5) is 8.78 Å². The molecule has 6 heteroatoms. The predicted molar refractivity (Wildman–Crippen MR) is 71.9 cm³/mol. The van der Waals surface area contributed by atoms with E-state index in [0.29, 0.717) is 12.1 Å². The van der Waals surface area contributed by atoms with Crippen LogP contribution in [0, 0.1) is 0 Å². The Bertz CT molecular complexity index is 557. The standard InChI is InChI=1S/C14H17F2N3O/c1-3-19-11(8-9-18-19)13(17-2)10-6-4-5-7-12(10)20-14(15)16/h4-9,13-14,17H,3H2,1-2H3. The lowest BCUT2D eigenvalue weighted by Crippen LogP contribution is -2.22. The summed E-state index contributed by atoms with van der Waals surface area (Å²) in [5.74, 6) is 0.172. The average Bonchev–Trinajstić information content (AvgIpc) is 2.89. The lowest BCUT2D eigenvalue weighted by molar-refractivity contribution is -0.0506. The van der Waals surface area contributed by atoms with Crippen LogP contribution in [-0.4, -0.2) is 23.4 Å². The van der Waals surface area contributed by atoms with Crippen LogP contribution < -0.4 is 10.1 Å². The van der Waals surface area contributed by atoms with Gasteiger partial charge in [0.25, 0.3) is 0 Å². The van der Waals surface area contributed by atoms with Crippen molar-refractivity contribution in [2.75, 3.05) is 7.05 Å². The molecular weight excluding hydrogens is 264 g/mol. The van der Waals surface area contributed by atoms with E-state index in [9.17, 15) is 8.78 Å². The van der Waals surface area contributed by atoms with Gasteiger partial charge in [-0.3, -0.25) is 4.68 Å². The minimum atomic E-state index is -2.84. The summed E-state index contributed by atoms with van der Waals surface area (Å²) in [4.78, 5) is 0. The number of rotatable bonds is 6. The topological polar surface area (TPSA) is 39.1 Å². The van der Waals surface area contributed by atoms with Crippen LogP contribution in [0.1, 0.15) is 24.2 Å². The van der Waals surface area contributed by atoms with Crippen LogP contribution in [0.2, 0.25) is 0 Å². The zero-order chi connectivity index (χ0) is 14.5. The van der Waals surface area contributed by atoms with Crippen molar-refractivity contribution in [2.45, 2.75) is 26.1 Å². The van der Waals surface area contributed by atoms with Crippen molar-refractivity contribution in [2.24, 2.45) is 0 Å². The highest BCUT2D eigenvalue weighted by molar-refractivity contribution is 5.40. The Morgan fingerprint density at radius 3 is 2.70 bits per heavy atom.